The van der Waals surface area contributed by atoms with Crippen LogP contribution >= 0.6 is 0 Å². The van der Waals surface area contributed by atoms with Gasteiger partial charge in [-0.3, -0.25) is 0 Å². The van der Waals surface area contributed by atoms with E-state index in [0.717, 1.165) is 19.3 Å². The highest BCUT2D eigenvalue weighted by molar-refractivity contribution is 5.16. The molecule has 0 aromatic rings. The molecule has 0 aliphatic carbocycles. The Bertz CT molecular complexity index is 231. The van der Waals surface area contributed by atoms with E-state index in [0.29, 0.717) is 5.76 Å². The lowest BCUT2D eigenvalue weighted by molar-refractivity contribution is -0.0951. The minimum atomic E-state index is -0.269. The van der Waals surface area contributed by atoms with Crippen LogP contribution in [0.25, 0.3) is 0 Å². The van der Waals surface area contributed by atoms with Crippen molar-refractivity contribution < 1.29 is 14.6 Å². The Balaban J connectivity index is 3.95. The summed E-state index contributed by atoms with van der Waals surface area (Å²) in [6.07, 6.45) is 5.69. The van der Waals surface area contributed by atoms with Crippen LogP contribution in [0.1, 0.15) is 26.2 Å². The van der Waals surface area contributed by atoms with Gasteiger partial charge in [0.25, 0.3) is 0 Å². The van der Waals surface area contributed by atoms with Gasteiger partial charge in [-0.2, -0.15) is 0 Å². The predicted molar refractivity (Wildman–Crippen MR) is 61.5 cm³/mol. The molecule has 3 heteroatoms. The normalized spacial score (nSPS) is 12.7. The fourth-order valence-electron chi connectivity index (χ4n) is 0.993. The molecule has 0 heterocycles. The molecule has 0 radical (unpaired) electrons. The number of allylic oxidation sites excluding steroid dienone is 2. The Labute approximate surface area is 91.7 Å². The van der Waals surface area contributed by atoms with Gasteiger partial charge in [0.2, 0.25) is 0 Å². The summed E-state index contributed by atoms with van der Waals surface area (Å²) < 4.78 is 10.5. The second-order valence-corrected chi connectivity index (χ2v) is 3.22. The average Bonchev–Trinajstić information content (AvgIpc) is 2.21. The molecule has 3 nitrogen and oxygen atoms in total. The molecule has 0 amide bonds. The largest absolute Gasteiger partial charge is 0.509 e. The smallest absolute Gasteiger partial charge is 0.199 e. The molecule has 1 N–H and O–H groups in total. The monoisotopic (exact) mass is 212 g/mol. The van der Waals surface area contributed by atoms with E-state index in [1.165, 1.54) is 6.08 Å². The van der Waals surface area contributed by atoms with Crippen molar-refractivity contribution in [1.82, 2.24) is 0 Å². The number of methoxy groups -OCH3 is 1. The zero-order valence-electron chi connectivity index (χ0n) is 9.53. The topological polar surface area (TPSA) is 38.7 Å². The lowest BCUT2D eigenvalue weighted by Crippen LogP contribution is -2.13. The van der Waals surface area contributed by atoms with Crippen molar-refractivity contribution >= 4 is 0 Å². The molecule has 0 fully saturated rings. The van der Waals surface area contributed by atoms with E-state index < -0.39 is 0 Å². The van der Waals surface area contributed by atoms with E-state index in [2.05, 4.69) is 20.1 Å². The molecule has 0 aromatic carbocycles. The average molecular weight is 212 g/mol. The fraction of sp³-hybridized carbons (Fsp3) is 0.500. The van der Waals surface area contributed by atoms with Crippen LogP contribution in [0.4, 0.5) is 0 Å². The first-order valence-electron chi connectivity index (χ1n) is 5.04. The van der Waals surface area contributed by atoms with Crippen LogP contribution in [-0.2, 0) is 9.47 Å². The summed E-state index contributed by atoms with van der Waals surface area (Å²) in [5, 5.41) is 8.82. The van der Waals surface area contributed by atoms with E-state index in [1.807, 2.05) is 0 Å². The van der Waals surface area contributed by atoms with Gasteiger partial charge in [-0.25, -0.2) is 0 Å². The van der Waals surface area contributed by atoms with Crippen molar-refractivity contribution in [1.29, 1.82) is 0 Å². The minimum Gasteiger partial charge on any atom is -0.509 e. The molecule has 15 heavy (non-hydrogen) atoms. The highest BCUT2D eigenvalue weighted by atomic mass is 16.7. The van der Waals surface area contributed by atoms with Crippen LogP contribution in [-0.4, -0.2) is 18.5 Å². The first-order valence-corrected chi connectivity index (χ1v) is 5.04. The second-order valence-electron chi connectivity index (χ2n) is 3.22. The molecule has 0 aromatic heterocycles. The van der Waals surface area contributed by atoms with Crippen LogP contribution in [0.2, 0.25) is 0 Å². The third-order valence-corrected chi connectivity index (χ3v) is 1.80. The predicted octanol–water partition coefficient (Wildman–Crippen LogP) is 3.31. The lowest BCUT2D eigenvalue weighted by atomic mass is 10.2. The highest BCUT2D eigenvalue weighted by Gasteiger charge is 2.07. The lowest BCUT2D eigenvalue weighted by Gasteiger charge is -2.16. The third-order valence-electron chi connectivity index (χ3n) is 1.80. The molecular formula is C12H20O3. The van der Waals surface area contributed by atoms with E-state index in [9.17, 15) is 0 Å². The van der Waals surface area contributed by atoms with Gasteiger partial charge >= 0.3 is 0 Å². The van der Waals surface area contributed by atoms with Crippen molar-refractivity contribution in [2.75, 3.05) is 7.11 Å². The molecule has 0 rings (SSSR count). The summed E-state index contributed by atoms with van der Waals surface area (Å²) in [6, 6.07) is 0. The van der Waals surface area contributed by atoms with Gasteiger partial charge in [-0.1, -0.05) is 26.5 Å². The molecule has 0 saturated carbocycles. The molecule has 0 aliphatic rings. The molecule has 0 spiro atoms. The van der Waals surface area contributed by atoms with Crippen molar-refractivity contribution in [2.24, 2.45) is 0 Å². The standard InChI is InChI=1S/C12H20O3/c1-5-6-7-12(14-4)15-11(3)9-8-10(2)13/h8-9,12-13H,2-3,5-7H2,1,4H3/b9-8-. The van der Waals surface area contributed by atoms with Crippen molar-refractivity contribution in [3.8, 4) is 0 Å². The van der Waals surface area contributed by atoms with Crippen LogP contribution in [0, 0.1) is 0 Å². The van der Waals surface area contributed by atoms with E-state index in [-0.39, 0.29) is 12.0 Å². The summed E-state index contributed by atoms with van der Waals surface area (Å²) in [5.74, 6) is 0.426. The van der Waals surface area contributed by atoms with Gasteiger partial charge in [0.15, 0.2) is 6.29 Å². The Morgan fingerprint density at radius 1 is 1.40 bits per heavy atom. The first kappa shape index (κ1) is 13.8. The highest BCUT2D eigenvalue weighted by Crippen LogP contribution is 2.10. The van der Waals surface area contributed by atoms with Crippen molar-refractivity contribution in [3.63, 3.8) is 0 Å². The molecule has 86 valence electrons. The van der Waals surface area contributed by atoms with Crippen LogP contribution in [0.15, 0.2) is 36.8 Å². The van der Waals surface area contributed by atoms with Crippen LogP contribution < -0.4 is 0 Å². The van der Waals surface area contributed by atoms with Gasteiger partial charge in [0.1, 0.15) is 11.5 Å². The number of aliphatic hydroxyl groups is 1. The Morgan fingerprint density at radius 3 is 2.53 bits per heavy atom. The number of hydrogen-bond donors (Lipinski definition) is 1. The summed E-state index contributed by atoms with van der Waals surface area (Å²) in [4.78, 5) is 0. The second kappa shape index (κ2) is 8.12. The quantitative estimate of drug-likeness (QED) is 0.381. The molecule has 0 aliphatic heterocycles. The number of aliphatic hydroxyl groups excluding tert-OH is 1. The third kappa shape index (κ3) is 7.82. The Hall–Kier alpha value is -1.22. The molecule has 0 bridgehead atoms. The maximum absolute atomic E-state index is 8.82. The molecule has 1 atom stereocenters. The zero-order chi connectivity index (χ0) is 11.7. The number of hydrogen-bond acceptors (Lipinski definition) is 3. The maximum atomic E-state index is 8.82. The van der Waals surface area contributed by atoms with Gasteiger partial charge in [-0.15, -0.1) is 0 Å². The summed E-state index contributed by atoms with van der Waals surface area (Å²) >= 11 is 0. The van der Waals surface area contributed by atoms with Crippen molar-refractivity contribution in [2.45, 2.75) is 32.5 Å². The molecule has 0 saturated heterocycles. The SMILES string of the molecule is C=C(O)/C=C\C(=C)OC(CCCC)OC. The zero-order valence-corrected chi connectivity index (χ0v) is 9.53. The van der Waals surface area contributed by atoms with Gasteiger partial charge < -0.3 is 14.6 Å². The number of ether oxygens (including phenoxy) is 2. The fourth-order valence-corrected chi connectivity index (χ4v) is 0.993. The molecular weight excluding hydrogens is 192 g/mol. The van der Waals surface area contributed by atoms with Gasteiger partial charge in [-0.05, 0) is 18.6 Å². The van der Waals surface area contributed by atoms with E-state index in [1.54, 1.807) is 13.2 Å². The molecule has 1 unspecified atom stereocenters. The number of rotatable bonds is 8. The van der Waals surface area contributed by atoms with Crippen LogP contribution in [0.3, 0.4) is 0 Å². The minimum absolute atomic E-state index is 0.0257. The first-order chi connectivity index (χ1) is 7.10. The summed E-state index contributed by atoms with van der Waals surface area (Å²) in [7, 11) is 1.60. The van der Waals surface area contributed by atoms with Gasteiger partial charge in [0, 0.05) is 13.5 Å². The van der Waals surface area contributed by atoms with Crippen LogP contribution in [0.5, 0.6) is 0 Å². The van der Waals surface area contributed by atoms with Crippen molar-refractivity contribution in [3.05, 3.63) is 36.8 Å². The van der Waals surface area contributed by atoms with E-state index >= 15 is 0 Å². The van der Waals surface area contributed by atoms with E-state index in [4.69, 9.17) is 14.6 Å². The Morgan fingerprint density at radius 2 is 2.07 bits per heavy atom. The maximum Gasteiger partial charge on any atom is 0.199 e. The van der Waals surface area contributed by atoms with Gasteiger partial charge in [0.05, 0.1) is 0 Å². The summed E-state index contributed by atoms with van der Waals surface area (Å²) in [5.41, 5.74) is 0. The number of unbranched alkanes of at least 4 members (excludes halogenated alkanes) is 1. The Kier molecular flexibility index (Phi) is 7.46. The summed E-state index contributed by atoms with van der Waals surface area (Å²) in [6.45, 7) is 9.11.